The Bertz CT molecular complexity index is 505. The Labute approximate surface area is 113 Å². The molecule has 1 atom stereocenters. The second kappa shape index (κ2) is 6.17. The SMILES string of the molecule is CC(C)C(CCl)NCc1ccnc2ccccc12. The van der Waals surface area contributed by atoms with Gasteiger partial charge in [-0.05, 0) is 23.6 Å². The van der Waals surface area contributed by atoms with E-state index in [0.717, 1.165) is 12.1 Å². The number of benzene rings is 1. The molecule has 1 N–H and O–H groups in total. The van der Waals surface area contributed by atoms with E-state index in [9.17, 15) is 0 Å². The van der Waals surface area contributed by atoms with Gasteiger partial charge in [-0.3, -0.25) is 4.98 Å². The number of para-hydroxylation sites is 1. The van der Waals surface area contributed by atoms with E-state index in [1.807, 2.05) is 18.3 Å². The lowest BCUT2D eigenvalue weighted by atomic mass is 10.0. The number of rotatable bonds is 5. The zero-order valence-electron chi connectivity index (χ0n) is 10.9. The summed E-state index contributed by atoms with van der Waals surface area (Å²) >= 11 is 5.97. The van der Waals surface area contributed by atoms with Crippen LogP contribution in [0.2, 0.25) is 0 Å². The molecule has 0 bridgehead atoms. The van der Waals surface area contributed by atoms with Gasteiger partial charge in [-0.25, -0.2) is 0 Å². The first-order chi connectivity index (χ1) is 8.72. The van der Waals surface area contributed by atoms with Crippen LogP contribution in [0, 0.1) is 5.92 Å². The van der Waals surface area contributed by atoms with Gasteiger partial charge < -0.3 is 5.32 Å². The van der Waals surface area contributed by atoms with Gasteiger partial charge in [-0.15, -0.1) is 11.6 Å². The Hall–Kier alpha value is -1.12. The molecule has 0 fully saturated rings. The summed E-state index contributed by atoms with van der Waals surface area (Å²) in [6, 6.07) is 10.6. The number of nitrogens with one attached hydrogen (secondary N) is 1. The third-order valence-corrected chi connectivity index (χ3v) is 3.60. The van der Waals surface area contributed by atoms with Crippen LogP contribution in [-0.2, 0) is 6.54 Å². The van der Waals surface area contributed by atoms with Crippen molar-refractivity contribution >= 4 is 22.5 Å². The lowest BCUT2D eigenvalue weighted by molar-refractivity contribution is 0.431. The van der Waals surface area contributed by atoms with E-state index in [-0.39, 0.29) is 0 Å². The predicted molar refractivity (Wildman–Crippen MR) is 77.9 cm³/mol. The van der Waals surface area contributed by atoms with Crippen molar-refractivity contribution < 1.29 is 0 Å². The maximum Gasteiger partial charge on any atom is 0.0705 e. The number of hydrogen-bond acceptors (Lipinski definition) is 2. The quantitative estimate of drug-likeness (QED) is 0.833. The fourth-order valence-corrected chi connectivity index (χ4v) is 2.48. The van der Waals surface area contributed by atoms with Crippen LogP contribution in [0.15, 0.2) is 36.5 Å². The Kier molecular flexibility index (Phi) is 4.56. The third-order valence-electron chi connectivity index (χ3n) is 3.27. The van der Waals surface area contributed by atoms with E-state index in [1.54, 1.807) is 0 Å². The summed E-state index contributed by atoms with van der Waals surface area (Å²) in [5, 5.41) is 4.73. The molecule has 1 heterocycles. The molecule has 0 saturated carbocycles. The number of aromatic nitrogens is 1. The fraction of sp³-hybridized carbons (Fsp3) is 0.400. The van der Waals surface area contributed by atoms with Crippen molar-refractivity contribution in [3.8, 4) is 0 Å². The minimum absolute atomic E-state index is 0.346. The van der Waals surface area contributed by atoms with Gasteiger partial charge in [-0.2, -0.15) is 0 Å². The van der Waals surface area contributed by atoms with Crippen molar-refractivity contribution in [3.05, 3.63) is 42.1 Å². The maximum absolute atomic E-state index is 5.97. The number of pyridine rings is 1. The molecule has 1 unspecified atom stereocenters. The first kappa shape index (κ1) is 13.3. The Morgan fingerprint density at radius 1 is 1.22 bits per heavy atom. The van der Waals surface area contributed by atoms with Crippen molar-refractivity contribution in [3.63, 3.8) is 0 Å². The number of alkyl halides is 1. The van der Waals surface area contributed by atoms with Gasteiger partial charge >= 0.3 is 0 Å². The molecule has 2 nitrogen and oxygen atoms in total. The lowest BCUT2D eigenvalue weighted by Crippen LogP contribution is -2.34. The van der Waals surface area contributed by atoms with Gasteiger partial charge in [0, 0.05) is 30.0 Å². The van der Waals surface area contributed by atoms with Crippen LogP contribution in [0.4, 0.5) is 0 Å². The van der Waals surface area contributed by atoms with E-state index >= 15 is 0 Å². The average molecular weight is 263 g/mol. The van der Waals surface area contributed by atoms with Gasteiger partial charge in [0.25, 0.3) is 0 Å². The van der Waals surface area contributed by atoms with Crippen LogP contribution in [0.25, 0.3) is 10.9 Å². The molecule has 1 aromatic carbocycles. The molecular weight excluding hydrogens is 244 g/mol. The minimum Gasteiger partial charge on any atom is -0.308 e. The lowest BCUT2D eigenvalue weighted by Gasteiger charge is -2.20. The molecule has 96 valence electrons. The van der Waals surface area contributed by atoms with E-state index in [1.165, 1.54) is 10.9 Å². The van der Waals surface area contributed by atoms with Gasteiger partial charge in [0.1, 0.15) is 0 Å². The Balaban J connectivity index is 2.17. The van der Waals surface area contributed by atoms with Crippen LogP contribution in [0.3, 0.4) is 0 Å². The molecule has 0 aliphatic rings. The van der Waals surface area contributed by atoms with E-state index in [0.29, 0.717) is 17.8 Å². The van der Waals surface area contributed by atoms with Crippen LogP contribution in [-0.4, -0.2) is 16.9 Å². The Morgan fingerprint density at radius 3 is 2.72 bits per heavy atom. The van der Waals surface area contributed by atoms with Crippen LogP contribution >= 0.6 is 11.6 Å². The largest absolute Gasteiger partial charge is 0.308 e. The van der Waals surface area contributed by atoms with E-state index in [2.05, 4.69) is 42.3 Å². The second-order valence-corrected chi connectivity index (χ2v) is 5.18. The molecule has 0 spiro atoms. The monoisotopic (exact) mass is 262 g/mol. The highest BCUT2D eigenvalue weighted by Crippen LogP contribution is 2.16. The van der Waals surface area contributed by atoms with Gasteiger partial charge in [-0.1, -0.05) is 32.0 Å². The summed E-state index contributed by atoms with van der Waals surface area (Å²) in [4.78, 5) is 4.37. The number of nitrogens with zero attached hydrogens (tertiary/aromatic N) is 1. The van der Waals surface area contributed by atoms with Gasteiger partial charge in [0.2, 0.25) is 0 Å². The molecule has 0 aliphatic heterocycles. The summed E-state index contributed by atoms with van der Waals surface area (Å²) in [6.45, 7) is 5.20. The molecule has 3 heteroatoms. The zero-order chi connectivity index (χ0) is 13.0. The molecule has 1 aromatic heterocycles. The molecule has 0 radical (unpaired) electrons. The van der Waals surface area contributed by atoms with Crippen molar-refractivity contribution in [2.24, 2.45) is 5.92 Å². The van der Waals surface area contributed by atoms with Crippen molar-refractivity contribution in [1.29, 1.82) is 0 Å². The molecule has 0 amide bonds. The van der Waals surface area contributed by atoms with Crippen molar-refractivity contribution in [2.45, 2.75) is 26.4 Å². The molecule has 2 rings (SSSR count). The molecule has 0 saturated heterocycles. The highest BCUT2D eigenvalue weighted by molar-refractivity contribution is 6.18. The third kappa shape index (κ3) is 3.01. The highest BCUT2D eigenvalue weighted by atomic mass is 35.5. The summed E-state index contributed by atoms with van der Waals surface area (Å²) in [5.74, 6) is 1.18. The van der Waals surface area contributed by atoms with Crippen LogP contribution in [0.1, 0.15) is 19.4 Å². The topological polar surface area (TPSA) is 24.9 Å². The normalized spacial score (nSPS) is 13.1. The van der Waals surface area contributed by atoms with Crippen molar-refractivity contribution in [2.75, 3.05) is 5.88 Å². The first-order valence-corrected chi connectivity index (χ1v) is 6.88. The number of halogens is 1. The molecular formula is C15H19ClN2. The average Bonchev–Trinajstić information content (AvgIpc) is 2.39. The Morgan fingerprint density at radius 2 is 2.00 bits per heavy atom. The summed E-state index contributed by atoms with van der Waals surface area (Å²) in [7, 11) is 0. The summed E-state index contributed by atoms with van der Waals surface area (Å²) in [6.07, 6.45) is 1.87. The minimum atomic E-state index is 0.346. The summed E-state index contributed by atoms with van der Waals surface area (Å²) < 4.78 is 0. The van der Waals surface area contributed by atoms with Crippen LogP contribution < -0.4 is 5.32 Å². The predicted octanol–water partition coefficient (Wildman–Crippen LogP) is 3.59. The number of hydrogen-bond donors (Lipinski definition) is 1. The highest BCUT2D eigenvalue weighted by Gasteiger charge is 2.11. The maximum atomic E-state index is 5.97. The van der Waals surface area contributed by atoms with Crippen molar-refractivity contribution in [1.82, 2.24) is 10.3 Å². The first-order valence-electron chi connectivity index (χ1n) is 6.34. The fourth-order valence-electron chi connectivity index (χ4n) is 2.02. The van der Waals surface area contributed by atoms with Gasteiger partial charge in [0.05, 0.1) is 5.52 Å². The summed E-state index contributed by atoms with van der Waals surface area (Å²) in [5.41, 5.74) is 2.32. The number of fused-ring (bicyclic) bond motifs is 1. The zero-order valence-corrected chi connectivity index (χ0v) is 11.6. The van der Waals surface area contributed by atoms with E-state index in [4.69, 9.17) is 11.6 Å². The van der Waals surface area contributed by atoms with E-state index < -0.39 is 0 Å². The molecule has 18 heavy (non-hydrogen) atoms. The van der Waals surface area contributed by atoms with Gasteiger partial charge in [0.15, 0.2) is 0 Å². The smallest absolute Gasteiger partial charge is 0.0705 e. The van der Waals surface area contributed by atoms with Crippen LogP contribution in [0.5, 0.6) is 0 Å². The molecule has 0 aliphatic carbocycles. The standard InChI is InChI=1S/C15H19ClN2/c1-11(2)15(9-16)18-10-12-7-8-17-14-6-4-3-5-13(12)14/h3-8,11,15,18H,9-10H2,1-2H3. The second-order valence-electron chi connectivity index (χ2n) is 4.87. The molecule has 2 aromatic rings.